The van der Waals surface area contributed by atoms with Crippen LogP contribution in [-0.2, 0) is 4.79 Å². The number of likely N-dealkylation sites (N-methyl/N-ethyl adjacent to an activating group) is 1. The van der Waals surface area contributed by atoms with E-state index in [1.54, 1.807) is 31.6 Å². The van der Waals surface area contributed by atoms with Crippen molar-refractivity contribution >= 4 is 11.6 Å². The van der Waals surface area contributed by atoms with E-state index >= 15 is 0 Å². The molecule has 1 amide bonds. The molecule has 5 nitrogen and oxygen atoms in total. The number of carbonyl (C=O) groups is 1. The second-order valence-corrected chi connectivity index (χ2v) is 2.85. The second kappa shape index (κ2) is 4.69. The van der Waals surface area contributed by atoms with Crippen LogP contribution in [0, 0.1) is 0 Å². The van der Waals surface area contributed by atoms with Gasteiger partial charge in [-0.25, -0.2) is 0 Å². The Bertz CT molecular complexity index is 302. The minimum atomic E-state index is -1.15. The molecule has 1 aromatic rings. The molecule has 1 aromatic heterocycles. The van der Waals surface area contributed by atoms with Gasteiger partial charge >= 0.3 is 0 Å². The van der Waals surface area contributed by atoms with Crippen molar-refractivity contribution in [2.75, 3.05) is 18.5 Å². The van der Waals surface area contributed by atoms with Crippen LogP contribution in [0.25, 0.3) is 0 Å². The summed E-state index contributed by atoms with van der Waals surface area (Å²) < 4.78 is 0. The maximum atomic E-state index is 11.5. The van der Waals surface area contributed by atoms with Crippen molar-refractivity contribution in [1.29, 1.82) is 0 Å². The van der Waals surface area contributed by atoms with Crippen molar-refractivity contribution in [2.45, 2.75) is 6.10 Å². The third-order valence-corrected chi connectivity index (χ3v) is 1.89. The topological polar surface area (TPSA) is 79.5 Å². The molecule has 3 N–H and O–H groups in total. The Labute approximate surface area is 82.2 Å². The molecule has 1 heterocycles. The highest BCUT2D eigenvalue weighted by Crippen LogP contribution is 2.10. The van der Waals surface area contributed by atoms with Crippen molar-refractivity contribution in [3.05, 3.63) is 24.5 Å². The molecule has 76 valence electrons. The molecule has 0 fully saturated rings. The monoisotopic (exact) mass is 195 g/mol. The molecule has 0 spiro atoms. The van der Waals surface area contributed by atoms with E-state index in [-0.39, 0.29) is 6.54 Å². The molecule has 1 rings (SSSR count). The lowest BCUT2D eigenvalue weighted by atomic mass is 10.3. The van der Waals surface area contributed by atoms with Crippen LogP contribution in [0.5, 0.6) is 0 Å². The van der Waals surface area contributed by atoms with E-state index in [0.717, 1.165) is 0 Å². The van der Waals surface area contributed by atoms with Gasteiger partial charge in [0.1, 0.15) is 6.10 Å². The van der Waals surface area contributed by atoms with Crippen LogP contribution in [0.1, 0.15) is 0 Å². The summed E-state index contributed by atoms with van der Waals surface area (Å²) in [5.74, 6) is -0.418. The Balaban J connectivity index is 2.76. The maximum Gasteiger partial charge on any atom is 0.256 e. The third kappa shape index (κ3) is 2.27. The fourth-order valence-electron chi connectivity index (χ4n) is 1.02. The Morgan fingerprint density at radius 1 is 1.64 bits per heavy atom. The van der Waals surface area contributed by atoms with Crippen LogP contribution >= 0.6 is 0 Å². The predicted molar refractivity (Wildman–Crippen MR) is 52.7 cm³/mol. The van der Waals surface area contributed by atoms with Crippen LogP contribution < -0.4 is 10.6 Å². The van der Waals surface area contributed by atoms with Gasteiger partial charge in [-0.15, -0.1) is 0 Å². The second-order valence-electron chi connectivity index (χ2n) is 2.85. The summed E-state index contributed by atoms with van der Waals surface area (Å²) >= 11 is 0. The summed E-state index contributed by atoms with van der Waals surface area (Å²) in [6, 6.07) is 3.36. The van der Waals surface area contributed by atoms with E-state index in [9.17, 15) is 9.90 Å². The van der Waals surface area contributed by atoms with Gasteiger partial charge in [0, 0.05) is 31.7 Å². The molecule has 0 aromatic carbocycles. The molecule has 0 aliphatic heterocycles. The Hall–Kier alpha value is -1.46. The third-order valence-electron chi connectivity index (χ3n) is 1.89. The van der Waals surface area contributed by atoms with Gasteiger partial charge in [0.2, 0.25) is 0 Å². The predicted octanol–water partition coefficient (Wildman–Crippen LogP) is -0.636. The van der Waals surface area contributed by atoms with E-state index in [1.807, 2.05) is 0 Å². The number of rotatable bonds is 3. The van der Waals surface area contributed by atoms with E-state index < -0.39 is 12.0 Å². The summed E-state index contributed by atoms with van der Waals surface area (Å²) in [5.41, 5.74) is 5.86. The number of pyridine rings is 1. The molecular weight excluding hydrogens is 182 g/mol. The number of aliphatic hydroxyl groups is 1. The number of carbonyl (C=O) groups excluding carboxylic acids is 1. The van der Waals surface area contributed by atoms with E-state index in [0.29, 0.717) is 5.69 Å². The summed E-state index contributed by atoms with van der Waals surface area (Å²) in [6.45, 7) is -0.0751. The number of nitrogens with zero attached hydrogens (tertiary/aromatic N) is 2. The minimum absolute atomic E-state index is 0.0751. The zero-order valence-corrected chi connectivity index (χ0v) is 7.92. The Morgan fingerprint density at radius 2 is 2.21 bits per heavy atom. The summed E-state index contributed by atoms with van der Waals surface area (Å²) in [4.78, 5) is 16.6. The average molecular weight is 195 g/mol. The first kappa shape index (κ1) is 10.6. The van der Waals surface area contributed by atoms with Gasteiger partial charge < -0.3 is 15.7 Å². The summed E-state index contributed by atoms with van der Waals surface area (Å²) in [7, 11) is 1.58. The molecular formula is C9H13N3O2. The normalized spacial score (nSPS) is 12.2. The smallest absolute Gasteiger partial charge is 0.256 e. The molecule has 0 aliphatic carbocycles. The van der Waals surface area contributed by atoms with Crippen molar-refractivity contribution in [1.82, 2.24) is 4.98 Å². The number of anilines is 1. The molecule has 0 saturated heterocycles. The number of amides is 1. The van der Waals surface area contributed by atoms with Crippen molar-refractivity contribution in [2.24, 2.45) is 5.73 Å². The number of aromatic nitrogens is 1. The molecule has 1 unspecified atom stereocenters. The first-order chi connectivity index (χ1) is 6.66. The van der Waals surface area contributed by atoms with Gasteiger partial charge in [-0.1, -0.05) is 0 Å². The fraction of sp³-hybridized carbons (Fsp3) is 0.333. The highest BCUT2D eigenvalue weighted by atomic mass is 16.3. The SMILES string of the molecule is CN(C(=O)C(O)CN)c1ccncc1. The first-order valence-corrected chi connectivity index (χ1v) is 4.22. The molecule has 0 bridgehead atoms. The number of nitrogens with two attached hydrogens (primary N) is 1. The van der Waals surface area contributed by atoms with E-state index in [1.165, 1.54) is 4.90 Å². The fourth-order valence-corrected chi connectivity index (χ4v) is 1.02. The average Bonchev–Trinajstić information content (AvgIpc) is 2.27. The Morgan fingerprint density at radius 3 is 2.71 bits per heavy atom. The largest absolute Gasteiger partial charge is 0.382 e. The zero-order valence-electron chi connectivity index (χ0n) is 7.92. The standard InChI is InChI=1S/C9H13N3O2/c1-12(9(14)8(13)6-10)7-2-4-11-5-3-7/h2-5,8,13H,6,10H2,1H3. The van der Waals surface area contributed by atoms with Gasteiger partial charge in [-0.3, -0.25) is 9.78 Å². The quantitative estimate of drug-likeness (QED) is 0.672. The summed E-state index contributed by atoms with van der Waals surface area (Å²) in [6.07, 6.45) is 2.01. The number of aliphatic hydroxyl groups excluding tert-OH is 1. The molecule has 14 heavy (non-hydrogen) atoms. The lowest BCUT2D eigenvalue weighted by molar-refractivity contribution is -0.125. The Kier molecular flexibility index (Phi) is 3.55. The van der Waals surface area contributed by atoms with Crippen LogP contribution in [0.15, 0.2) is 24.5 Å². The maximum absolute atomic E-state index is 11.5. The van der Waals surface area contributed by atoms with Gasteiger partial charge in [0.15, 0.2) is 0 Å². The first-order valence-electron chi connectivity index (χ1n) is 4.22. The summed E-state index contributed by atoms with van der Waals surface area (Å²) in [5, 5.41) is 9.23. The molecule has 0 radical (unpaired) electrons. The lowest BCUT2D eigenvalue weighted by Crippen LogP contribution is -2.40. The zero-order chi connectivity index (χ0) is 10.6. The molecule has 5 heteroatoms. The number of hydrogen-bond acceptors (Lipinski definition) is 4. The highest BCUT2D eigenvalue weighted by molar-refractivity contribution is 5.95. The minimum Gasteiger partial charge on any atom is -0.382 e. The van der Waals surface area contributed by atoms with E-state index in [4.69, 9.17) is 5.73 Å². The van der Waals surface area contributed by atoms with Crippen molar-refractivity contribution in [3.63, 3.8) is 0 Å². The highest BCUT2D eigenvalue weighted by Gasteiger charge is 2.18. The molecule has 1 atom stereocenters. The van der Waals surface area contributed by atoms with Gasteiger partial charge in [-0.05, 0) is 12.1 Å². The van der Waals surface area contributed by atoms with Gasteiger partial charge in [0.05, 0.1) is 0 Å². The van der Waals surface area contributed by atoms with Crippen LogP contribution in [0.4, 0.5) is 5.69 Å². The van der Waals surface area contributed by atoms with Crippen molar-refractivity contribution < 1.29 is 9.90 Å². The van der Waals surface area contributed by atoms with Crippen LogP contribution in [0.2, 0.25) is 0 Å². The number of hydrogen-bond donors (Lipinski definition) is 2. The lowest BCUT2D eigenvalue weighted by Gasteiger charge is -2.19. The van der Waals surface area contributed by atoms with Crippen LogP contribution in [-0.4, -0.2) is 35.7 Å². The van der Waals surface area contributed by atoms with E-state index in [2.05, 4.69) is 4.98 Å². The van der Waals surface area contributed by atoms with Gasteiger partial charge in [0.25, 0.3) is 5.91 Å². The van der Waals surface area contributed by atoms with Crippen molar-refractivity contribution in [3.8, 4) is 0 Å². The molecule has 0 saturated carbocycles. The van der Waals surface area contributed by atoms with Gasteiger partial charge in [-0.2, -0.15) is 0 Å². The van der Waals surface area contributed by atoms with Crippen LogP contribution in [0.3, 0.4) is 0 Å². The molecule has 0 aliphatic rings.